The molecule has 53 heavy (non-hydrogen) atoms. The van der Waals surface area contributed by atoms with Gasteiger partial charge in [0.25, 0.3) is 10.1 Å². The second kappa shape index (κ2) is 20.1. The van der Waals surface area contributed by atoms with Crippen molar-refractivity contribution in [1.29, 1.82) is 0 Å². The third-order valence-corrected chi connectivity index (χ3v) is 8.21. The number of fused-ring (bicyclic) bond motifs is 2. The fourth-order valence-electron chi connectivity index (χ4n) is 4.42. The highest BCUT2D eigenvalue weighted by Crippen LogP contribution is 2.35. The topological polar surface area (TPSA) is 181 Å². The number of aryl methyl sites for hydroxylation is 1. The van der Waals surface area contributed by atoms with Crippen molar-refractivity contribution >= 4 is 22.1 Å². The zero-order chi connectivity index (χ0) is 39.1. The van der Waals surface area contributed by atoms with Gasteiger partial charge in [0.15, 0.2) is 0 Å². The van der Waals surface area contributed by atoms with Gasteiger partial charge in [-0.05, 0) is 43.3 Å². The standard InChI is InChI=1S/C15H20O6.C12H18O5S.C10H10O4/c1-15(2)20-13-10-11(4-5-12(13)14(16)21-15)19-9-8-18-7-6-17-3;1-11-3-5-12(6-4-11)18(13,14)17-10-9-16-8-7-15-2;1-10(2)13-8-5-6(11)3-4-7(8)9(12)14-10/h4-5,10H,6-9H2,1-3H3;3-6H,7-10H2,1-2H3;3-5,11H,1-2H3. The number of esters is 2. The lowest BCUT2D eigenvalue weighted by atomic mass is 10.1. The molecular weight excluding hydrogens is 716 g/mol. The van der Waals surface area contributed by atoms with Crippen LogP contribution in [0.3, 0.4) is 0 Å². The Kier molecular flexibility index (Phi) is 16.3. The molecule has 2 aliphatic rings. The van der Waals surface area contributed by atoms with Crippen LogP contribution in [0.25, 0.3) is 0 Å². The van der Waals surface area contributed by atoms with Crippen LogP contribution in [0.5, 0.6) is 23.0 Å². The third-order valence-electron chi connectivity index (χ3n) is 6.88. The Morgan fingerprint density at radius 3 is 1.66 bits per heavy atom. The highest BCUT2D eigenvalue weighted by molar-refractivity contribution is 7.86. The number of hydrogen-bond donors (Lipinski definition) is 1. The predicted octanol–water partition coefficient (Wildman–Crippen LogP) is 5.05. The second-order valence-electron chi connectivity index (χ2n) is 12.3. The van der Waals surface area contributed by atoms with Gasteiger partial charge in [-0.25, -0.2) is 9.59 Å². The summed E-state index contributed by atoms with van der Waals surface area (Å²) < 4.78 is 75.1. The molecular formula is C37H48O15S. The summed E-state index contributed by atoms with van der Waals surface area (Å²) in [6.07, 6.45) is 0. The Morgan fingerprint density at radius 1 is 0.623 bits per heavy atom. The summed E-state index contributed by atoms with van der Waals surface area (Å²) in [5.41, 5.74) is 1.73. The number of carbonyl (C=O) groups is 2. The maximum Gasteiger partial charge on any atom is 0.345 e. The first-order valence-electron chi connectivity index (χ1n) is 16.6. The average Bonchev–Trinajstić information content (AvgIpc) is 3.07. The number of hydrogen-bond acceptors (Lipinski definition) is 15. The van der Waals surface area contributed by atoms with E-state index in [1.165, 1.54) is 30.3 Å². The molecule has 0 atom stereocenters. The number of phenols is 1. The number of benzene rings is 3. The maximum absolute atomic E-state index is 11.8. The summed E-state index contributed by atoms with van der Waals surface area (Å²) in [6.45, 7) is 11.6. The van der Waals surface area contributed by atoms with Crippen LogP contribution in [-0.4, -0.2) is 104 Å². The lowest BCUT2D eigenvalue weighted by Crippen LogP contribution is -2.38. The quantitative estimate of drug-likeness (QED) is 0.123. The molecule has 0 unspecified atom stereocenters. The first kappa shape index (κ1) is 43.0. The lowest BCUT2D eigenvalue weighted by Gasteiger charge is -2.31. The fourth-order valence-corrected chi connectivity index (χ4v) is 5.31. The Labute approximate surface area is 310 Å². The third kappa shape index (κ3) is 14.5. The molecule has 0 fully saturated rings. The molecule has 0 aliphatic carbocycles. The zero-order valence-corrected chi connectivity index (χ0v) is 31.8. The van der Waals surface area contributed by atoms with Crippen LogP contribution in [0.4, 0.5) is 0 Å². The predicted molar refractivity (Wildman–Crippen MR) is 190 cm³/mol. The number of rotatable bonds is 15. The first-order chi connectivity index (χ1) is 25.1. The van der Waals surface area contributed by atoms with E-state index in [-0.39, 0.29) is 23.9 Å². The molecule has 1 N–H and O–H groups in total. The highest BCUT2D eigenvalue weighted by Gasteiger charge is 2.35. The summed E-state index contributed by atoms with van der Waals surface area (Å²) in [5.74, 6) is -1.26. The van der Waals surface area contributed by atoms with E-state index in [1.54, 1.807) is 72.2 Å². The van der Waals surface area contributed by atoms with E-state index in [0.29, 0.717) is 68.0 Å². The van der Waals surface area contributed by atoms with E-state index in [9.17, 15) is 23.1 Å². The van der Waals surface area contributed by atoms with Crippen LogP contribution in [0.1, 0.15) is 54.0 Å². The molecule has 0 amide bonds. The number of cyclic esters (lactones) is 2. The molecule has 0 saturated carbocycles. The van der Waals surface area contributed by atoms with Crippen LogP contribution < -0.4 is 14.2 Å². The van der Waals surface area contributed by atoms with Crippen molar-refractivity contribution in [2.75, 3.05) is 67.1 Å². The molecule has 2 aliphatic heterocycles. The minimum Gasteiger partial charge on any atom is -0.508 e. The Hall–Kier alpha value is -4.45. The average molecular weight is 765 g/mol. The molecule has 0 saturated heterocycles. The Balaban J connectivity index is 0.000000218. The van der Waals surface area contributed by atoms with Crippen LogP contribution in [0, 0.1) is 6.92 Å². The van der Waals surface area contributed by atoms with Gasteiger partial charge in [-0.2, -0.15) is 8.42 Å². The summed E-state index contributed by atoms with van der Waals surface area (Å²) in [6, 6.07) is 15.8. The molecule has 3 aromatic rings. The molecule has 2 heterocycles. The van der Waals surface area contributed by atoms with Crippen molar-refractivity contribution in [1.82, 2.24) is 0 Å². The van der Waals surface area contributed by atoms with Crippen LogP contribution in [0.2, 0.25) is 0 Å². The number of carbonyl (C=O) groups excluding carboxylic acids is 2. The van der Waals surface area contributed by atoms with E-state index in [0.717, 1.165) is 5.56 Å². The minimum absolute atomic E-state index is 0.0000753. The molecule has 0 bridgehead atoms. The van der Waals surface area contributed by atoms with Gasteiger partial charge in [-0.3, -0.25) is 4.18 Å². The minimum atomic E-state index is -3.68. The van der Waals surface area contributed by atoms with Gasteiger partial charge < -0.3 is 47.7 Å². The Morgan fingerprint density at radius 2 is 1.11 bits per heavy atom. The summed E-state index contributed by atoms with van der Waals surface area (Å²) in [4.78, 5) is 23.4. The smallest absolute Gasteiger partial charge is 0.345 e. The van der Waals surface area contributed by atoms with Gasteiger partial charge in [-0.15, -0.1) is 0 Å². The summed E-state index contributed by atoms with van der Waals surface area (Å²) >= 11 is 0. The number of phenolic OH excluding ortho intramolecular Hbond substituents is 1. The van der Waals surface area contributed by atoms with Crippen molar-refractivity contribution in [2.24, 2.45) is 0 Å². The van der Waals surface area contributed by atoms with Crippen molar-refractivity contribution in [3.8, 4) is 23.0 Å². The number of ether oxygens (including phenoxy) is 9. The van der Waals surface area contributed by atoms with Gasteiger partial charge >= 0.3 is 11.9 Å². The molecule has 292 valence electrons. The second-order valence-corrected chi connectivity index (χ2v) is 13.9. The maximum atomic E-state index is 11.8. The molecule has 0 aromatic heterocycles. The van der Waals surface area contributed by atoms with Crippen molar-refractivity contribution in [3.63, 3.8) is 0 Å². The van der Waals surface area contributed by atoms with Crippen molar-refractivity contribution in [3.05, 3.63) is 77.4 Å². The fraction of sp³-hybridized carbons (Fsp3) is 0.459. The van der Waals surface area contributed by atoms with Crippen molar-refractivity contribution in [2.45, 2.75) is 51.1 Å². The van der Waals surface area contributed by atoms with Gasteiger partial charge in [0.05, 0.1) is 51.1 Å². The van der Waals surface area contributed by atoms with E-state index >= 15 is 0 Å². The van der Waals surface area contributed by atoms with E-state index in [1.807, 2.05) is 6.92 Å². The van der Waals surface area contributed by atoms with Gasteiger partial charge in [0, 0.05) is 54.0 Å². The van der Waals surface area contributed by atoms with Crippen LogP contribution in [-0.2, 0) is 42.7 Å². The molecule has 16 heteroatoms. The Bertz CT molecular complexity index is 1740. The zero-order valence-electron chi connectivity index (χ0n) is 31.0. The van der Waals surface area contributed by atoms with E-state index in [2.05, 4.69) is 0 Å². The molecule has 15 nitrogen and oxygen atoms in total. The first-order valence-corrected chi connectivity index (χ1v) is 18.0. The molecule has 0 spiro atoms. The normalized spacial score (nSPS) is 15.0. The largest absolute Gasteiger partial charge is 0.508 e. The van der Waals surface area contributed by atoms with Crippen LogP contribution >= 0.6 is 0 Å². The number of methoxy groups -OCH3 is 2. The molecule has 5 rings (SSSR count). The molecule has 0 radical (unpaired) electrons. The van der Waals surface area contributed by atoms with Gasteiger partial charge in [-0.1, -0.05) is 17.7 Å². The molecule has 3 aromatic carbocycles. The SMILES string of the molecule is CC1(C)OC(=O)c2ccc(O)cc2O1.COCCOCCOS(=O)(=O)c1ccc(C)cc1.COCCOCCOc1ccc2c(c1)OC(C)(C)OC2=O. The van der Waals surface area contributed by atoms with Crippen molar-refractivity contribution < 1.29 is 69.9 Å². The highest BCUT2D eigenvalue weighted by atomic mass is 32.2. The lowest BCUT2D eigenvalue weighted by molar-refractivity contribution is -0.128. The van der Waals surface area contributed by atoms with E-state index < -0.39 is 33.6 Å². The summed E-state index contributed by atoms with van der Waals surface area (Å²) in [7, 11) is -0.485. The van der Waals surface area contributed by atoms with E-state index in [4.69, 9.17) is 46.8 Å². The number of aromatic hydroxyl groups is 1. The van der Waals surface area contributed by atoms with Gasteiger partial charge in [0.2, 0.25) is 11.6 Å². The van der Waals surface area contributed by atoms with Gasteiger partial charge in [0.1, 0.15) is 40.7 Å². The summed E-state index contributed by atoms with van der Waals surface area (Å²) in [5, 5.41) is 9.21. The monoisotopic (exact) mass is 764 g/mol. The van der Waals surface area contributed by atoms with Crippen LogP contribution in [0.15, 0.2) is 65.6 Å².